The van der Waals surface area contributed by atoms with E-state index in [1.807, 2.05) is 0 Å². The molecule has 0 radical (unpaired) electrons. The number of allylic oxidation sites excluding steroid dienone is 4. The minimum Gasteiger partial charge on any atom is -0.406 e. The highest BCUT2D eigenvalue weighted by Gasteiger charge is 2.31. The Labute approximate surface area is 198 Å². The summed E-state index contributed by atoms with van der Waals surface area (Å²) in [6.45, 7) is 2.27. The van der Waals surface area contributed by atoms with Crippen LogP contribution in [0.4, 0.5) is 13.2 Å². The van der Waals surface area contributed by atoms with Crippen LogP contribution < -0.4 is 4.74 Å². The molecule has 0 spiro atoms. The lowest BCUT2D eigenvalue weighted by molar-refractivity contribution is -0.274. The molecule has 1 atom stereocenters. The topological polar surface area (TPSA) is 9.23 Å². The summed E-state index contributed by atoms with van der Waals surface area (Å²) in [4.78, 5) is 0. The molecular weight excluding hydrogens is 421 g/mol. The number of hydrogen-bond acceptors (Lipinski definition) is 1. The van der Waals surface area contributed by atoms with E-state index in [0.29, 0.717) is 5.92 Å². The van der Waals surface area contributed by atoms with Crippen molar-refractivity contribution in [3.63, 3.8) is 0 Å². The van der Waals surface area contributed by atoms with Crippen molar-refractivity contribution in [1.82, 2.24) is 0 Å². The van der Waals surface area contributed by atoms with E-state index in [0.717, 1.165) is 29.4 Å². The fraction of sp³-hybridized carbons (Fsp3) is 0.655. The van der Waals surface area contributed by atoms with Crippen LogP contribution in [0.15, 0.2) is 42.5 Å². The molecule has 1 aromatic rings. The first-order valence-corrected chi connectivity index (χ1v) is 13.2. The Morgan fingerprint density at radius 2 is 1.48 bits per heavy atom. The van der Waals surface area contributed by atoms with Crippen LogP contribution >= 0.6 is 0 Å². The molecule has 4 heteroatoms. The Balaban J connectivity index is 1.33. The number of ether oxygens (including phenoxy) is 1. The summed E-state index contributed by atoms with van der Waals surface area (Å²) in [6.07, 6.45) is 21.2. The van der Waals surface area contributed by atoms with Crippen molar-refractivity contribution < 1.29 is 17.9 Å². The Kier molecular flexibility index (Phi) is 10.4. The zero-order valence-corrected chi connectivity index (χ0v) is 20.2. The first-order valence-electron chi connectivity index (χ1n) is 13.2. The second-order valence-electron chi connectivity index (χ2n) is 10.0. The van der Waals surface area contributed by atoms with E-state index in [1.165, 1.54) is 95.6 Å². The maximum atomic E-state index is 12.3. The summed E-state index contributed by atoms with van der Waals surface area (Å²) in [6, 6.07) is 6.18. The Morgan fingerprint density at radius 3 is 2.06 bits per heavy atom. The number of hydrogen-bond donors (Lipinski definition) is 0. The largest absolute Gasteiger partial charge is 0.573 e. The van der Waals surface area contributed by atoms with Crippen molar-refractivity contribution in [3.8, 4) is 5.75 Å². The number of alkyl halides is 3. The number of unbranched alkanes of at least 4 members (excludes halogenated alkanes) is 7. The molecule has 33 heavy (non-hydrogen) atoms. The lowest BCUT2D eigenvalue weighted by Gasteiger charge is -2.33. The molecule has 0 amide bonds. The molecule has 0 saturated heterocycles. The highest BCUT2D eigenvalue weighted by atomic mass is 19.4. The lowest BCUT2D eigenvalue weighted by Crippen LogP contribution is -2.21. The maximum absolute atomic E-state index is 12.3. The van der Waals surface area contributed by atoms with Crippen molar-refractivity contribution >= 4 is 5.57 Å². The van der Waals surface area contributed by atoms with Gasteiger partial charge in [0, 0.05) is 0 Å². The van der Waals surface area contributed by atoms with Crippen LogP contribution in [0.3, 0.4) is 0 Å². The van der Waals surface area contributed by atoms with Gasteiger partial charge in [0.15, 0.2) is 0 Å². The molecule has 1 unspecified atom stereocenters. The van der Waals surface area contributed by atoms with Crippen molar-refractivity contribution in [1.29, 1.82) is 0 Å². The molecular formula is C29H41F3O. The molecule has 0 aromatic heterocycles. The minimum absolute atomic E-state index is 0.173. The van der Waals surface area contributed by atoms with Gasteiger partial charge >= 0.3 is 6.36 Å². The van der Waals surface area contributed by atoms with E-state index >= 15 is 0 Å². The van der Waals surface area contributed by atoms with Crippen LogP contribution in [0.5, 0.6) is 5.75 Å². The molecule has 0 bridgehead atoms. The first kappa shape index (κ1) is 25.9. The molecule has 184 valence electrons. The Hall–Kier alpha value is -1.71. The van der Waals surface area contributed by atoms with E-state index in [-0.39, 0.29) is 5.75 Å². The highest BCUT2D eigenvalue weighted by molar-refractivity contribution is 5.75. The van der Waals surface area contributed by atoms with Gasteiger partial charge in [0.05, 0.1) is 0 Å². The smallest absolute Gasteiger partial charge is 0.406 e. The molecule has 0 N–H and O–H groups in total. The van der Waals surface area contributed by atoms with Gasteiger partial charge in [0.25, 0.3) is 0 Å². The molecule has 2 aliphatic carbocycles. The van der Waals surface area contributed by atoms with Crippen LogP contribution in [0.25, 0.3) is 5.57 Å². The number of halogens is 3. The van der Waals surface area contributed by atoms with E-state index in [2.05, 4.69) is 29.9 Å². The zero-order valence-electron chi connectivity index (χ0n) is 20.2. The van der Waals surface area contributed by atoms with Gasteiger partial charge in [0.1, 0.15) is 5.75 Å². The summed E-state index contributed by atoms with van der Waals surface area (Å²) in [5.41, 5.74) is 2.03. The van der Waals surface area contributed by atoms with E-state index in [1.54, 1.807) is 12.1 Å². The third-order valence-corrected chi connectivity index (χ3v) is 7.52. The van der Waals surface area contributed by atoms with Crippen molar-refractivity contribution in [2.75, 3.05) is 0 Å². The molecule has 1 saturated carbocycles. The molecule has 0 aliphatic heterocycles. The second kappa shape index (κ2) is 13.2. The minimum atomic E-state index is -4.65. The third-order valence-electron chi connectivity index (χ3n) is 7.52. The third kappa shape index (κ3) is 9.22. The van der Waals surface area contributed by atoms with Crippen LogP contribution in [-0.2, 0) is 0 Å². The first-order chi connectivity index (χ1) is 15.9. The van der Waals surface area contributed by atoms with Gasteiger partial charge in [-0.1, -0.05) is 108 Å². The molecule has 2 aliphatic rings. The summed E-state index contributed by atoms with van der Waals surface area (Å²) in [7, 11) is 0. The predicted molar refractivity (Wildman–Crippen MR) is 131 cm³/mol. The van der Waals surface area contributed by atoms with E-state index in [9.17, 15) is 13.2 Å². The van der Waals surface area contributed by atoms with Gasteiger partial charge in [0.2, 0.25) is 0 Å². The van der Waals surface area contributed by atoms with Crippen molar-refractivity contribution in [2.45, 2.75) is 103 Å². The quantitative estimate of drug-likeness (QED) is 0.281. The summed E-state index contributed by atoms with van der Waals surface area (Å²) >= 11 is 0. The van der Waals surface area contributed by atoms with E-state index in [4.69, 9.17) is 0 Å². The standard InChI is InChI=1S/C29H41F3O/c1-2-3-4-5-6-7-8-9-10-23-11-13-24(14-12-23)25-15-17-26(18-16-25)27-19-21-28(22-20-27)33-29(30,31)32/h15,17-25H,2-14,16H2,1H3. The normalized spacial score (nSPS) is 23.4. The SMILES string of the molecule is CCCCCCCCCCC1CCC(C2C=CC(c3ccc(OC(F)(F)F)cc3)=CC2)CC1. The number of rotatable bonds is 12. The maximum Gasteiger partial charge on any atom is 0.573 e. The summed E-state index contributed by atoms with van der Waals surface area (Å²) < 4.78 is 41.0. The Bertz CT molecular complexity index is 739. The van der Waals surface area contributed by atoms with Gasteiger partial charge in [-0.3, -0.25) is 0 Å². The average molecular weight is 463 g/mol. The van der Waals surface area contributed by atoms with Gasteiger partial charge in [-0.25, -0.2) is 0 Å². The summed E-state index contributed by atoms with van der Waals surface area (Å²) in [5.74, 6) is 2.13. The van der Waals surface area contributed by atoms with Gasteiger partial charge in [-0.2, -0.15) is 0 Å². The molecule has 0 heterocycles. The molecule has 1 fully saturated rings. The fourth-order valence-corrected chi connectivity index (χ4v) is 5.52. The molecule has 1 nitrogen and oxygen atoms in total. The Morgan fingerprint density at radius 1 is 0.848 bits per heavy atom. The van der Waals surface area contributed by atoms with Gasteiger partial charge < -0.3 is 4.74 Å². The van der Waals surface area contributed by atoms with Gasteiger partial charge in [-0.15, -0.1) is 13.2 Å². The second-order valence-corrected chi connectivity index (χ2v) is 10.0. The van der Waals surface area contributed by atoms with Crippen LogP contribution in [0.1, 0.15) is 102 Å². The van der Waals surface area contributed by atoms with Crippen LogP contribution in [0.2, 0.25) is 0 Å². The molecule has 3 rings (SSSR count). The van der Waals surface area contributed by atoms with Crippen molar-refractivity contribution in [3.05, 3.63) is 48.1 Å². The average Bonchev–Trinajstić information content (AvgIpc) is 2.81. The predicted octanol–water partition coefficient (Wildman–Crippen LogP) is 9.88. The molecule has 1 aromatic carbocycles. The van der Waals surface area contributed by atoms with Gasteiger partial charge in [-0.05, 0) is 60.3 Å². The fourth-order valence-electron chi connectivity index (χ4n) is 5.52. The van der Waals surface area contributed by atoms with E-state index < -0.39 is 6.36 Å². The summed E-state index contributed by atoms with van der Waals surface area (Å²) in [5, 5.41) is 0. The van der Waals surface area contributed by atoms with Crippen LogP contribution in [0, 0.1) is 17.8 Å². The van der Waals surface area contributed by atoms with Crippen molar-refractivity contribution in [2.24, 2.45) is 17.8 Å². The van der Waals surface area contributed by atoms with Crippen LogP contribution in [-0.4, -0.2) is 6.36 Å². The number of benzene rings is 1. The highest BCUT2D eigenvalue weighted by Crippen LogP contribution is 2.40. The zero-order chi connectivity index (χ0) is 23.5. The lowest BCUT2D eigenvalue weighted by atomic mass is 9.72. The monoisotopic (exact) mass is 462 g/mol.